The average molecular weight is 423 g/mol. The number of hydrogen-bond acceptors (Lipinski definition) is 5. The highest BCUT2D eigenvalue weighted by Crippen LogP contribution is 2.44. The molecule has 0 aromatic heterocycles. The van der Waals surface area contributed by atoms with Crippen molar-refractivity contribution in [2.45, 2.75) is 11.4 Å². The van der Waals surface area contributed by atoms with Gasteiger partial charge in [0.05, 0.1) is 11.1 Å². The van der Waals surface area contributed by atoms with E-state index in [2.05, 4.69) is 15.9 Å². The van der Waals surface area contributed by atoms with Crippen molar-refractivity contribution in [2.24, 2.45) is 0 Å². The second-order valence-corrected chi connectivity index (χ2v) is 7.44. The summed E-state index contributed by atoms with van der Waals surface area (Å²) in [6, 6.07) is 5.45. The lowest BCUT2D eigenvalue weighted by atomic mass is 10.0. The summed E-state index contributed by atoms with van der Waals surface area (Å²) in [6.07, 6.45) is 0. The van der Waals surface area contributed by atoms with Crippen LogP contribution in [0.25, 0.3) is 0 Å². The number of nitrogens with zero attached hydrogens (tertiary/aromatic N) is 2. The molecule has 0 spiro atoms. The molecule has 0 unspecified atom stereocenters. The van der Waals surface area contributed by atoms with E-state index in [1.807, 2.05) is 0 Å². The Bertz CT molecular complexity index is 848. The molecule has 4 rings (SSSR count). The van der Waals surface area contributed by atoms with Gasteiger partial charge in [-0.3, -0.25) is 24.2 Å². The van der Waals surface area contributed by atoms with Crippen LogP contribution in [0.4, 0.5) is 0 Å². The minimum atomic E-state index is -1.19. The van der Waals surface area contributed by atoms with E-state index >= 15 is 0 Å². The largest absolute Gasteiger partial charge is 0.477 e. The molecule has 3 aliphatic heterocycles. The molecule has 1 aromatic carbocycles. The van der Waals surface area contributed by atoms with Crippen LogP contribution in [-0.4, -0.2) is 61.1 Å². The normalized spacial score (nSPS) is 25.1. The van der Waals surface area contributed by atoms with Crippen LogP contribution < -0.4 is 0 Å². The van der Waals surface area contributed by atoms with Gasteiger partial charge in [-0.1, -0.05) is 28.1 Å². The Balaban J connectivity index is 1.69. The van der Waals surface area contributed by atoms with E-state index in [1.54, 1.807) is 24.3 Å². The molecule has 25 heavy (non-hydrogen) atoms. The summed E-state index contributed by atoms with van der Waals surface area (Å²) in [5.74, 6) is -2.32. The van der Waals surface area contributed by atoms with Crippen LogP contribution in [0.15, 0.2) is 35.5 Å². The number of hydrogen-bond donors (Lipinski definition) is 1. The topological polar surface area (TPSA) is 95.0 Å². The van der Waals surface area contributed by atoms with Crippen molar-refractivity contribution < 1.29 is 24.3 Å². The summed E-state index contributed by atoms with van der Waals surface area (Å²) < 4.78 is 0. The summed E-state index contributed by atoms with van der Waals surface area (Å²) in [5.41, 5.74) is 1.09. The molecule has 1 fully saturated rings. The first-order chi connectivity index (χ1) is 12.0. The molecule has 1 N–H and O–H groups in total. The van der Waals surface area contributed by atoms with Crippen LogP contribution in [0.1, 0.15) is 20.7 Å². The van der Waals surface area contributed by atoms with E-state index in [9.17, 15) is 24.3 Å². The zero-order chi connectivity index (χ0) is 17.9. The van der Waals surface area contributed by atoms with Crippen molar-refractivity contribution in [1.29, 1.82) is 0 Å². The number of β-lactam (4-membered cyclic amide) rings is 1. The zero-order valence-electron chi connectivity index (χ0n) is 12.6. The smallest absolute Gasteiger partial charge is 0.352 e. The fraction of sp³-hybridized carbons (Fsp3) is 0.250. The van der Waals surface area contributed by atoms with E-state index in [4.69, 9.17) is 0 Å². The second-order valence-electron chi connectivity index (χ2n) is 5.77. The van der Waals surface area contributed by atoms with E-state index in [1.165, 1.54) is 16.7 Å². The van der Waals surface area contributed by atoms with Crippen LogP contribution in [-0.2, 0) is 9.59 Å². The third-order valence-electron chi connectivity index (χ3n) is 4.49. The molecule has 0 radical (unpaired) electrons. The van der Waals surface area contributed by atoms with Crippen molar-refractivity contribution >= 4 is 51.4 Å². The van der Waals surface area contributed by atoms with Crippen LogP contribution in [0.5, 0.6) is 0 Å². The van der Waals surface area contributed by atoms with Gasteiger partial charge in [-0.05, 0) is 17.7 Å². The Kier molecular flexibility index (Phi) is 3.73. The van der Waals surface area contributed by atoms with Gasteiger partial charge in [0.1, 0.15) is 17.1 Å². The van der Waals surface area contributed by atoms with E-state index < -0.39 is 35.1 Å². The Morgan fingerprint density at radius 1 is 1.16 bits per heavy atom. The van der Waals surface area contributed by atoms with Gasteiger partial charge in [-0.2, -0.15) is 0 Å². The van der Waals surface area contributed by atoms with Crippen molar-refractivity contribution in [3.63, 3.8) is 0 Å². The summed E-state index contributed by atoms with van der Waals surface area (Å²) in [5, 5.41) is 9.22. The fourth-order valence-electron chi connectivity index (χ4n) is 3.33. The van der Waals surface area contributed by atoms with Gasteiger partial charge in [0, 0.05) is 11.1 Å². The molecule has 0 bridgehead atoms. The van der Waals surface area contributed by atoms with Crippen molar-refractivity contribution in [3.8, 4) is 0 Å². The lowest BCUT2D eigenvalue weighted by Crippen LogP contribution is -2.71. The number of carboxylic acids is 1. The van der Waals surface area contributed by atoms with Crippen LogP contribution in [0.2, 0.25) is 0 Å². The quantitative estimate of drug-likeness (QED) is 0.448. The first-order valence-electron chi connectivity index (χ1n) is 7.40. The molecule has 2 atom stereocenters. The second kappa shape index (κ2) is 5.70. The number of amides is 3. The SMILES string of the molecule is O=C(O)C1=C(CBr)CS[C@H]2[C@@H](N3C(=O)c4ccccc4C3=O)C(=O)N12. The van der Waals surface area contributed by atoms with E-state index in [0.717, 1.165) is 4.90 Å². The lowest BCUT2D eigenvalue weighted by Gasteiger charge is -2.51. The van der Waals surface area contributed by atoms with Gasteiger partial charge in [-0.15, -0.1) is 11.8 Å². The van der Waals surface area contributed by atoms with Crippen LogP contribution in [0, 0.1) is 0 Å². The summed E-state index contributed by atoms with van der Waals surface area (Å²) >= 11 is 4.60. The minimum absolute atomic E-state index is 0.0570. The van der Waals surface area contributed by atoms with Crippen LogP contribution >= 0.6 is 27.7 Å². The third kappa shape index (κ3) is 2.12. The minimum Gasteiger partial charge on any atom is -0.477 e. The maximum absolute atomic E-state index is 12.7. The Morgan fingerprint density at radius 2 is 1.76 bits per heavy atom. The monoisotopic (exact) mass is 422 g/mol. The molecule has 128 valence electrons. The summed E-state index contributed by atoms with van der Waals surface area (Å²) in [7, 11) is 0. The van der Waals surface area contributed by atoms with Crippen molar-refractivity contribution in [1.82, 2.24) is 9.80 Å². The Labute approximate surface area is 154 Å². The molecule has 0 aliphatic carbocycles. The average Bonchev–Trinajstić information content (AvgIpc) is 2.86. The number of carboxylic acid groups (broad SMARTS) is 1. The number of carbonyl (C=O) groups is 4. The van der Waals surface area contributed by atoms with Crippen molar-refractivity contribution in [3.05, 3.63) is 46.7 Å². The van der Waals surface area contributed by atoms with Gasteiger partial charge in [-0.25, -0.2) is 4.79 Å². The lowest BCUT2D eigenvalue weighted by molar-refractivity contribution is -0.151. The molecular weight excluding hydrogens is 412 g/mol. The Morgan fingerprint density at radius 3 is 2.28 bits per heavy atom. The van der Waals surface area contributed by atoms with Gasteiger partial charge in [0.15, 0.2) is 0 Å². The zero-order valence-corrected chi connectivity index (χ0v) is 15.0. The van der Waals surface area contributed by atoms with Crippen LogP contribution in [0.3, 0.4) is 0 Å². The van der Waals surface area contributed by atoms with Gasteiger partial charge >= 0.3 is 5.97 Å². The predicted octanol–water partition coefficient (Wildman–Crippen LogP) is 1.30. The highest BCUT2D eigenvalue weighted by Gasteiger charge is 2.59. The standard InChI is InChI=1S/C16H11BrN2O5S/c17-5-7-6-25-15-11(14(22)19(15)10(7)16(23)24)18-12(20)8-3-1-2-4-9(8)13(18)21/h1-4,11,15H,5-6H2,(H,23,24)/t11-,15-/m0/s1. The number of imide groups is 1. The molecule has 7 nitrogen and oxygen atoms in total. The summed E-state index contributed by atoms with van der Waals surface area (Å²) in [6.45, 7) is 0. The number of rotatable bonds is 3. The molecule has 9 heteroatoms. The van der Waals surface area contributed by atoms with Gasteiger partial charge in [0.25, 0.3) is 17.7 Å². The van der Waals surface area contributed by atoms with Gasteiger partial charge in [0.2, 0.25) is 0 Å². The number of thioether (sulfide) groups is 1. The number of carbonyl (C=O) groups excluding carboxylic acids is 3. The highest BCUT2D eigenvalue weighted by molar-refractivity contribution is 9.09. The third-order valence-corrected chi connectivity index (χ3v) is 6.49. The first-order valence-corrected chi connectivity index (χ1v) is 9.57. The number of aliphatic carboxylic acids is 1. The first kappa shape index (κ1) is 16.3. The maximum atomic E-state index is 12.7. The van der Waals surface area contributed by atoms with E-state index in [0.29, 0.717) is 16.7 Å². The molecule has 3 aliphatic rings. The number of fused-ring (bicyclic) bond motifs is 2. The fourth-order valence-corrected chi connectivity index (χ4v) is 5.45. The predicted molar refractivity (Wildman–Crippen MR) is 92.3 cm³/mol. The highest BCUT2D eigenvalue weighted by atomic mass is 79.9. The molecule has 0 saturated carbocycles. The number of alkyl halides is 1. The maximum Gasteiger partial charge on any atom is 0.352 e. The van der Waals surface area contributed by atoms with E-state index in [-0.39, 0.29) is 16.8 Å². The van der Waals surface area contributed by atoms with Gasteiger partial charge < -0.3 is 5.11 Å². The molecular formula is C16H11BrN2O5S. The molecule has 3 amide bonds. The molecule has 3 heterocycles. The molecule has 1 aromatic rings. The summed E-state index contributed by atoms with van der Waals surface area (Å²) in [4.78, 5) is 51.5. The Hall–Kier alpha value is -2.13. The number of halogens is 1. The molecule has 1 saturated heterocycles. The van der Waals surface area contributed by atoms with Crippen molar-refractivity contribution in [2.75, 3.05) is 11.1 Å². The number of benzene rings is 1.